The van der Waals surface area contributed by atoms with Gasteiger partial charge in [-0.2, -0.15) is 0 Å². The lowest BCUT2D eigenvalue weighted by Gasteiger charge is -2.27. The minimum atomic E-state index is -0.739. The number of aliphatic carboxylic acids is 1. The smallest absolute Gasteiger partial charge is 0.308 e. The Kier molecular flexibility index (Phi) is 4.80. The fourth-order valence-corrected chi connectivity index (χ4v) is 3.15. The first kappa shape index (κ1) is 14.3. The summed E-state index contributed by atoms with van der Waals surface area (Å²) in [5.41, 5.74) is 0. The molecule has 5 nitrogen and oxygen atoms in total. The van der Waals surface area contributed by atoms with Crippen molar-refractivity contribution in [3.05, 3.63) is 0 Å². The number of hydrogen-bond donors (Lipinski definition) is 1. The number of carbonyl (C=O) groups excluding carboxylic acids is 1. The molecular weight excluding hydrogens is 244 g/mol. The molecule has 108 valence electrons. The average molecular weight is 268 g/mol. The number of carboxylic acid groups (broad SMARTS) is 1. The summed E-state index contributed by atoms with van der Waals surface area (Å²) in [6.07, 6.45) is 5.28. The van der Waals surface area contributed by atoms with Gasteiger partial charge in [-0.25, -0.2) is 0 Å². The number of nitrogens with zero attached hydrogens (tertiary/aromatic N) is 2. The summed E-state index contributed by atoms with van der Waals surface area (Å²) in [6, 6.07) is -0.0339. The quantitative estimate of drug-likeness (QED) is 0.835. The Morgan fingerprint density at radius 1 is 1.11 bits per heavy atom. The molecule has 2 fully saturated rings. The Hall–Kier alpha value is -1.10. The summed E-state index contributed by atoms with van der Waals surface area (Å²) in [4.78, 5) is 27.3. The first-order valence-corrected chi connectivity index (χ1v) is 7.34. The monoisotopic (exact) mass is 268 g/mol. The standard InChI is InChI=1S/C14H24N2O3/c1-11-12(14(18)19)6-9-16(11)10-13(17)15-7-4-2-3-5-8-15/h11-12H,2-10H2,1H3,(H,18,19). The van der Waals surface area contributed by atoms with Crippen molar-refractivity contribution < 1.29 is 14.7 Å². The minimum absolute atomic E-state index is 0.0339. The van der Waals surface area contributed by atoms with E-state index in [1.807, 2.05) is 16.7 Å². The zero-order valence-electron chi connectivity index (χ0n) is 11.7. The maximum absolute atomic E-state index is 12.3. The summed E-state index contributed by atoms with van der Waals surface area (Å²) >= 11 is 0. The molecule has 0 bridgehead atoms. The highest BCUT2D eigenvalue weighted by molar-refractivity contribution is 5.78. The van der Waals surface area contributed by atoms with Gasteiger partial charge < -0.3 is 10.0 Å². The van der Waals surface area contributed by atoms with Crippen molar-refractivity contribution in [2.75, 3.05) is 26.2 Å². The number of carboxylic acids is 1. The highest BCUT2D eigenvalue weighted by Gasteiger charge is 2.36. The molecular formula is C14H24N2O3. The molecule has 0 aromatic carbocycles. The van der Waals surface area contributed by atoms with Gasteiger partial charge >= 0.3 is 5.97 Å². The average Bonchev–Trinajstić information content (AvgIpc) is 2.60. The van der Waals surface area contributed by atoms with Crippen LogP contribution in [-0.4, -0.2) is 59.0 Å². The fourth-order valence-electron chi connectivity index (χ4n) is 3.15. The van der Waals surface area contributed by atoms with Gasteiger partial charge in [0.25, 0.3) is 0 Å². The Labute approximate surface area is 114 Å². The highest BCUT2D eigenvalue weighted by Crippen LogP contribution is 2.24. The molecule has 19 heavy (non-hydrogen) atoms. The zero-order chi connectivity index (χ0) is 13.8. The van der Waals surface area contributed by atoms with E-state index in [0.29, 0.717) is 13.0 Å². The molecule has 0 saturated carbocycles. The van der Waals surface area contributed by atoms with Crippen LogP contribution in [0.15, 0.2) is 0 Å². The van der Waals surface area contributed by atoms with Gasteiger partial charge in [0.2, 0.25) is 5.91 Å². The van der Waals surface area contributed by atoms with Gasteiger partial charge in [-0.1, -0.05) is 12.8 Å². The predicted molar refractivity (Wildman–Crippen MR) is 71.8 cm³/mol. The van der Waals surface area contributed by atoms with Crippen molar-refractivity contribution in [3.8, 4) is 0 Å². The Morgan fingerprint density at radius 3 is 2.26 bits per heavy atom. The van der Waals surface area contributed by atoms with Gasteiger partial charge in [0.15, 0.2) is 0 Å². The third-order valence-electron chi connectivity index (χ3n) is 4.50. The number of hydrogen-bond acceptors (Lipinski definition) is 3. The molecule has 2 saturated heterocycles. The summed E-state index contributed by atoms with van der Waals surface area (Å²) in [5, 5.41) is 9.10. The van der Waals surface area contributed by atoms with Crippen molar-refractivity contribution in [3.63, 3.8) is 0 Å². The van der Waals surface area contributed by atoms with Crippen molar-refractivity contribution in [2.24, 2.45) is 5.92 Å². The van der Waals surface area contributed by atoms with E-state index >= 15 is 0 Å². The third-order valence-corrected chi connectivity index (χ3v) is 4.50. The molecule has 2 unspecified atom stereocenters. The van der Waals surface area contributed by atoms with Crippen LogP contribution < -0.4 is 0 Å². The van der Waals surface area contributed by atoms with Crippen molar-refractivity contribution in [1.82, 2.24) is 9.80 Å². The molecule has 2 atom stereocenters. The van der Waals surface area contributed by atoms with Gasteiger partial charge in [0.05, 0.1) is 12.5 Å². The summed E-state index contributed by atoms with van der Waals surface area (Å²) in [5.74, 6) is -0.894. The second kappa shape index (κ2) is 6.37. The molecule has 2 aliphatic rings. The van der Waals surface area contributed by atoms with Crippen LogP contribution in [0, 0.1) is 5.92 Å². The predicted octanol–water partition coefficient (Wildman–Crippen LogP) is 1.18. The van der Waals surface area contributed by atoms with Crippen LogP contribution >= 0.6 is 0 Å². The van der Waals surface area contributed by atoms with Crippen LogP contribution in [0.5, 0.6) is 0 Å². The lowest BCUT2D eigenvalue weighted by molar-refractivity contribution is -0.143. The zero-order valence-corrected chi connectivity index (χ0v) is 11.7. The molecule has 0 aliphatic carbocycles. The topological polar surface area (TPSA) is 60.9 Å². The maximum Gasteiger partial charge on any atom is 0.308 e. The van der Waals surface area contributed by atoms with Gasteiger partial charge in [-0.15, -0.1) is 0 Å². The van der Waals surface area contributed by atoms with E-state index in [2.05, 4.69) is 0 Å². The van der Waals surface area contributed by atoms with Gasteiger partial charge in [0, 0.05) is 19.1 Å². The minimum Gasteiger partial charge on any atom is -0.481 e. The molecule has 0 spiro atoms. The van der Waals surface area contributed by atoms with Crippen molar-refractivity contribution in [2.45, 2.75) is 45.1 Å². The van der Waals surface area contributed by atoms with E-state index < -0.39 is 5.97 Å². The van der Waals surface area contributed by atoms with Crippen molar-refractivity contribution >= 4 is 11.9 Å². The van der Waals surface area contributed by atoms with Gasteiger partial charge in [-0.05, 0) is 32.7 Å². The largest absolute Gasteiger partial charge is 0.481 e. The molecule has 2 rings (SSSR count). The van der Waals surface area contributed by atoms with Crippen molar-refractivity contribution in [1.29, 1.82) is 0 Å². The lowest BCUT2D eigenvalue weighted by atomic mass is 10.0. The Balaban J connectivity index is 1.87. The normalized spacial score (nSPS) is 29.2. The highest BCUT2D eigenvalue weighted by atomic mass is 16.4. The van der Waals surface area contributed by atoms with E-state index in [9.17, 15) is 9.59 Å². The second-order valence-corrected chi connectivity index (χ2v) is 5.74. The Bertz CT molecular complexity index is 338. The number of rotatable bonds is 3. The number of likely N-dealkylation sites (tertiary alicyclic amines) is 2. The van der Waals surface area contributed by atoms with E-state index in [-0.39, 0.29) is 17.9 Å². The number of carbonyl (C=O) groups is 2. The molecule has 1 N–H and O–H groups in total. The SMILES string of the molecule is CC1C(C(=O)O)CCN1CC(=O)N1CCCCCC1. The van der Waals surface area contributed by atoms with E-state index in [1.165, 1.54) is 12.8 Å². The van der Waals surface area contributed by atoms with Crippen LogP contribution in [0.25, 0.3) is 0 Å². The van der Waals surface area contributed by atoms with Crippen LogP contribution in [0.4, 0.5) is 0 Å². The lowest BCUT2D eigenvalue weighted by Crippen LogP contribution is -2.43. The van der Waals surface area contributed by atoms with E-state index in [1.54, 1.807) is 0 Å². The Morgan fingerprint density at radius 2 is 1.74 bits per heavy atom. The van der Waals surface area contributed by atoms with Crippen LogP contribution in [0.1, 0.15) is 39.0 Å². The summed E-state index contributed by atoms with van der Waals surface area (Å²) in [7, 11) is 0. The van der Waals surface area contributed by atoms with Gasteiger partial charge in [0.1, 0.15) is 0 Å². The molecule has 1 amide bonds. The van der Waals surface area contributed by atoms with Gasteiger partial charge in [-0.3, -0.25) is 14.5 Å². The second-order valence-electron chi connectivity index (χ2n) is 5.74. The number of amides is 1. The van der Waals surface area contributed by atoms with Crippen LogP contribution in [0.2, 0.25) is 0 Å². The first-order chi connectivity index (χ1) is 9.09. The molecule has 0 aromatic heterocycles. The van der Waals surface area contributed by atoms with Crippen LogP contribution in [-0.2, 0) is 9.59 Å². The molecule has 2 aliphatic heterocycles. The van der Waals surface area contributed by atoms with E-state index in [4.69, 9.17) is 5.11 Å². The van der Waals surface area contributed by atoms with E-state index in [0.717, 1.165) is 32.5 Å². The summed E-state index contributed by atoms with van der Waals surface area (Å²) < 4.78 is 0. The molecule has 0 aromatic rings. The fraction of sp³-hybridized carbons (Fsp3) is 0.857. The molecule has 2 heterocycles. The third kappa shape index (κ3) is 3.47. The maximum atomic E-state index is 12.3. The van der Waals surface area contributed by atoms with Crippen LogP contribution in [0.3, 0.4) is 0 Å². The molecule has 0 radical (unpaired) electrons. The first-order valence-electron chi connectivity index (χ1n) is 7.34. The summed E-state index contributed by atoms with van der Waals surface area (Å²) in [6.45, 7) is 4.75. The molecule has 5 heteroatoms.